The van der Waals surface area contributed by atoms with E-state index in [0.717, 1.165) is 44.1 Å². The molecule has 1 aliphatic heterocycles. The zero-order valence-electron chi connectivity index (χ0n) is 10.6. The highest BCUT2D eigenvalue weighted by molar-refractivity contribution is 5.71. The second kappa shape index (κ2) is 6.47. The van der Waals surface area contributed by atoms with Crippen molar-refractivity contribution in [1.29, 1.82) is 0 Å². The number of carbonyl (C=O) groups excluding carboxylic acids is 1. The van der Waals surface area contributed by atoms with Crippen LogP contribution in [0.2, 0.25) is 0 Å². The summed E-state index contributed by atoms with van der Waals surface area (Å²) in [7, 11) is 1.38. The Bertz CT molecular complexity index is 386. The molecule has 0 atom stereocenters. The summed E-state index contributed by atoms with van der Waals surface area (Å²) >= 11 is 0. The van der Waals surface area contributed by atoms with Gasteiger partial charge in [-0.3, -0.25) is 14.7 Å². The van der Waals surface area contributed by atoms with Crippen LogP contribution in [0.5, 0.6) is 0 Å². The summed E-state index contributed by atoms with van der Waals surface area (Å²) in [5.74, 6) is -0.261. The van der Waals surface area contributed by atoms with E-state index in [1.807, 2.05) is 18.3 Å². The Balaban J connectivity index is 1.88. The van der Waals surface area contributed by atoms with Gasteiger partial charge in [0.2, 0.25) is 0 Å². The normalized spacial score (nSPS) is 16.5. The standard InChI is InChI=1S/C13H18N2O3/c1-17-13(16)8-12-3-2-11(9-14-12)10-15-4-6-18-7-5-15/h2-3,9H,4-8,10H2,1H3. The minimum atomic E-state index is -0.261. The molecule has 5 nitrogen and oxygen atoms in total. The number of ether oxygens (including phenoxy) is 2. The fraction of sp³-hybridized carbons (Fsp3) is 0.538. The second-order valence-electron chi connectivity index (χ2n) is 4.30. The minimum Gasteiger partial charge on any atom is -0.469 e. The Labute approximate surface area is 107 Å². The highest BCUT2D eigenvalue weighted by atomic mass is 16.5. The number of hydrogen-bond donors (Lipinski definition) is 0. The molecule has 0 aromatic carbocycles. The smallest absolute Gasteiger partial charge is 0.311 e. The van der Waals surface area contributed by atoms with Crippen LogP contribution in [0.25, 0.3) is 0 Å². The molecule has 18 heavy (non-hydrogen) atoms. The molecule has 0 saturated carbocycles. The molecule has 0 spiro atoms. The molecule has 98 valence electrons. The van der Waals surface area contributed by atoms with Crippen molar-refractivity contribution in [3.63, 3.8) is 0 Å². The van der Waals surface area contributed by atoms with Gasteiger partial charge in [-0.15, -0.1) is 0 Å². The maximum atomic E-state index is 11.1. The van der Waals surface area contributed by atoms with Gasteiger partial charge in [0.1, 0.15) is 0 Å². The molecule has 5 heteroatoms. The molecule has 1 saturated heterocycles. The SMILES string of the molecule is COC(=O)Cc1ccc(CN2CCOCC2)cn1. The third-order valence-electron chi connectivity index (χ3n) is 2.95. The van der Waals surface area contributed by atoms with Crippen molar-refractivity contribution in [3.05, 3.63) is 29.6 Å². The van der Waals surface area contributed by atoms with Crippen molar-refractivity contribution in [1.82, 2.24) is 9.88 Å². The largest absolute Gasteiger partial charge is 0.469 e. The molecule has 1 aromatic rings. The predicted molar refractivity (Wildman–Crippen MR) is 66.1 cm³/mol. The summed E-state index contributed by atoms with van der Waals surface area (Å²) in [4.78, 5) is 17.7. The lowest BCUT2D eigenvalue weighted by Crippen LogP contribution is -2.35. The lowest BCUT2D eigenvalue weighted by molar-refractivity contribution is -0.139. The number of aromatic nitrogens is 1. The van der Waals surface area contributed by atoms with Crippen LogP contribution >= 0.6 is 0 Å². The van der Waals surface area contributed by atoms with Gasteiger partial charge in [-0.1, -0.05) is 6.07 Å². The maximum Gasteiger partial charge on any atom is 0.311 e. The monoisotopic (exact) mass is 250 g/mol. The Morgan fingerprint density at radius 1 is 1.44 bits per heavy atom. The first-order chi connectivity index (χ1) is 8.78. The van der Waals surface area contributed by atoms with E-state index in [0.29, 0.717) is 0 Å². The van der Waals surface area contributed by atoms with Crippen LogP contribution in [0.4, 0.5) is 0 Å². The summed E-state index contributed by atoms with van der Waals surface area (Å²) in [6.07, 6.45) is 2.06. The van der Waals surface area contributed by atoms with Gasteiger partial charge in [0, 0.05) is 25.8 Å². The van der Waals surface area contributed by atoms with Crippen molar-refractivity contribution < 1.29 is 14.3 Å². The van der Waals surface area contributed by atoms with E-state index in [1.165, 1.54) is 7.11 Å². The molecule has 0 amide bonds. The fourth-order valence-corrected chi connectivity index (χ4v) is 1.89. The second-order valence-corrected chi connectivity index (χ2v) is 4.30. The van der Waals surface area contributed by atoms with Crippen LogP contribution in [-0.2, 0) is 27.2 Å². The van der Waals surface area contributed by atoms with Crippen LogP contribution in [0.3, 0.4) is 0 Å². The minimum absolute atomic E-state index is 0.230. The van der Waals surface area contributed by atoms with Gasteiger partial charge in [0.15, 0.2) is 0 Å². The summed E-state index contributed by atoms with van der Waals surface area (Å²) in [5.41, 5.74) is 1.90. The van der Waals surface area contributed by atoms with Gasteiger partial charge in [0.05, 0.1) is 32.4 Å². The van der Waals surface area contributed by atoms with E-state index >= 15 is 0 Å². The Hall–Kier alpha value is -1.46. The molecule has 0 unspecified atom stereocenters. The number of carbonyl (C=O) groups is 1. The van der Waals surface area contributed by atoms with E-state index in [1.54, 1.807) is 0 Å². The van der Waals surface area contributed by atoms with E-state index in [4.69, 9.17) is 4.74 Å². The van der Waals surface area contributed by atoms with E-state index in [-0.39, 0.29) is 12.4 Å². The summed E-state index contributed by atoms with van der Waals surface area (Å²) in [5, 5.41) is 0. The summed E-state index contributed by atoms with van der Waals surface area (Å²) < 4.78 is 9.91. The fourth-order valence-electron chi connectivity index (χ4n) is 1.89. The highest BCUT2D eigenvalue weighted by Gasteiger charge is 2.11. The number of esters is 1. The summed E-state index contributed by atoms with van der Waals surface area (Å²) in [6.45, 7) is 4.41. The van der Waals surface area contributed by atoms with E-state index in [2.05, 4.69) is 14.6 Å². The first-order valence-corrected chi connectivity index (χ1v) is 6.08. The summed E-state index contributed by atoms with van der Waals surface area (Å²) in [6, 6.07) is 3.90. The first-order valence-electron chi connectivity index (χ1n) is 6.08. The Morgan fingerprint density at radius 3 is 2.83 bits per heavy atom. The van der Waals surface area contributed by atoms with Gasteiger partial charge >= 0.3 is 5.97 Å². The quantitative estimate of drug-likeness (QED) is 0.734. The third kappa shape index (κ3) is 3.78. The van der Waals surface area contributed by atoms with Crippen LogP contribution < -0.4 is 0 Å². The molecule has 1 aromatic heterocycles. The molecular weight excluding hydrogens is 232 g/mol. The molecule has 0 aliphatic carbocycles. The predicted octanol–water partition coefficient (Wildman–Crippen LogP) is 0.629. The zero-order valence-corrected chi connectivity index (χ0v) is 10.6. The van der Waals surface area contributed by atoms with E-state index < -0.39 is 0 Å². The van der Waals surface area contributed by atoms with Crippen molar-refractivity contribution in [2.24, 2.45) is 0 Å². The average Bonchev–Trinajstić information content (AvgIpc) is 2.42. The average molecular weight is 250 g/mol. The third-order valence-corrected chi connectivity index (χ3v) is 2.95. The highest BCUT2D eigenvalue weighted by Crippen LogP contribution is 2.07. The van der Waals surface area contributed by atoms with Crippen LogP contribution in [-0.4, -0.2) is 49.3 Å². The Morgan fingerprint density at radius 2 is 2.22 bits per heavy atom. The zero-order chi connectivity index (χ0) is 12.8. The Kier molecular flexibility index (Phi) is 4.66. The van der Waals surface area contributed by atoms with E-state index in [9.17, 15) is 4.79 Å². The lowest BCUT2D eigenvalue weighted by atomic mass is 10.2. The number of methoxy groups -OCH3 is 1. The van der Waals surface area contributed by atoms with Gasteiger partial charge in [-0.2, -0.15) is 0 Å². The molecule has 0 N–H and O–H groups in total. The number of pyridine rings is 1. The van der Waals surface area contributed by atoms with Crippen molar-refractivity contribution in [3.8, 4) is 0 Å². The number of morpholine rings is 1. The van der Waals surface area contributed by atoms with Crippen molar-refractivity contribution >= 4 is 5.97 Å². The molecule has 0 bridgehead atoms. The lowest BCUT2D eigenvalue weighted by Gasteiger charge is -2.26. The molecule has 1 fully saturated rings. The van der Waals surface area contributed by atoms with Gasteiger partial charge in [0.25, 0.3) is 0 Å². The molecule has 1 aliphatic rings. The molecule has 2 rings (SSSR count). The maximum absolute atomic E-state index is 11.1. The van der Waals surface area contributed by atoms with Gasteiger partial charge in [-0.25, -0.2) is 0 Å². The number of hydrogen-bond acceptors (Lipinski definition) is 5. The van der Waals surface area contributed by atoms with Crippen molar-refractivity contribution in [2.75, 3.05) is 33.4 Å². The molecular formula is C13H18N2O3. The topological polar surface area (TPSA) is 51.7 Å². The number of nitrogens with zero attached hydrogens (tertiary/aromatic N) is 2. The van der Waals surface area contributed by atoms with Crippen LogP contribution in [0.15, 0.2) is 18.3 Å². The van der Waals surface area contributed by atoms with Gasteiger partial charge < -0.3 is 9.47 Å². The molecule has 0 radical (unpaired) electrons. The van der Waals surface area contributed by atoms with Gasteiger partial charge in [-0.05, 0) is 11.6 Å². The first kappa shape index (κ1) is 13.0. The van der Waals surface area contributed by atoms with Crippen LogP contribution in [0, 0.1) is 0 Å². The van der Waals surface area contributed by atoms with Crippen molar-refractivity contribution in [2.45, 2.75) is 13.0 Å². The molecule has 2 heterocycles. The number of rotatable bonds is 4. The van der Waals surface area contributed by atoms with Crippen LogP contribution in [0.1, 0.15) is 11.3 Å².